The number of rotatable bonds is 8. The van der Waals surface area contributed by atoms with Crippen molar-refractivity contribution >= 4 is 56.1 Å². The van der Waals surface area contributed by atoms with Crippen LogP contribution in [0.25, 0.3) is 44.6 Å². The van der Waals surface area contributed by atoms with Crippen LogP contribution in [0.15, 0.2) is 191 Å². The van der Waals surface area contributed by atoms with E-state index in [1.807, 2.05) is 133 Å². The Bertz CT molecular complexity index is 2560. The maximum atomic E-state index is 10.3. The highest BCUT2D eigenvalue weighted by Gasteiger charge is 2.22. The predicted octanol–water partition coefficient (Wildman–Crippen LogP) is 13.2. The Morgan fingerprint density at radius 3 is 0.963 bits per heavy atom. The molecule has 0 amide bonds. The standard InChI is InChI=1S/C48H30N4O2/c49-31-43-41-27-25-39(51(35-13-5-1-6-14-35)36-15-7-2-8-16-36)29-45(41)53-47(43)33-21-23-34(24-22-33)48-44(32-50)42-28-26-40(30-46(42)54-48)52(37-17-9-3-10-18-37)38-19-11-4-12-20-38/h1-30H. The Kier molecular flexibility index (Phi) is 8.17. The minimum absolute atomic E-state index is 0.464. The van der Waals surface area contributed by atoms with Gasteiger partial charge in [0.25, 0.3) is 0 Å². The molecule has 6 heteroatoms. The summed E-state index contributed by atoms with van der Waals surface area (Å²) in [5, 5.41) is 22.1. The lowest BCUT2D eigenvalue weighted by Gasteiger charge is -2.25. The Labute approximate surface area is 312 Å². The molecular weight excluding hydrogens is 665 g/mol. The van der Waals surface area contributed by atoms with E-state index in [4.69, 9.17) is 8.83 Å². The van der Waals surface area contributed by atoms with Crippen molar-refractivity contribution in [3.63, 3.8) is 0 Å². The quantitative estimate of drug-likeness (QED) is 0.157. The monoisotopic (exact) mass is 694 g/mol. The van der Waals surface area contributed by atoms with E-state index in [0.717, 1.165) is 56.0 Å². The van der Waals surface area contributed by atoms with Crippen LogP contribution in [0.1, 0.15) is 11.1 Å². The summed E-state index contributed by atoms with van der Waals surface area (Å²) in [6.07, 6.45) is 0. The van der Waals surface area contributed by atoms with Crippen molar-refractivity contribution < 1.29 is 8.83 Å². The van der Waals surface area contributed by atoms with E-state index in [-0.39, 0.29) is 0 Å². The minimum Gasteiger partial charge on any atom is -0.455 e. The number of nitrogens with zero attached hydrogens (tertiary/aromatic N) is 4. The van der Waals surface area contributed by atoms with Gasteiger partial charge in [0, 0.05) is 68.2 Å². The van der Waals surface area contributed by atoms with Crippen LogP contribution in [-0.2, 0) is 0 Å². The Balaban J connectivity index is 1.08. The normalized spacial score (nSPS) is 10.9. The third kappa shape index (κ3) is 5.71. The number of fused-ring (bicyclic) bond motifs is 2. The van der Waals surface area contributed by atoms with Gasteiger partial charge in [-0.15, -0.1) is 0 Å². The van der Waals surface area contributed by atoms with Crippen molar-refractivity contribution in [2.45, 2.75) is 0 Å². The van der Waals surface area contributed by atoms with Gasteiger partial charge in [-0.3, -0.25) is 0 Å². The second kappa shape index (κ2) is 13.7. The van der Waals surface area contributed by atoms with Crippen molar-refractivity contribution in [2.75, 3.05) is 9.80 Å². The van der Waals surface area contributed by atoms with E-state index in [2.05, 4.69) is 70.5 Å². The Morgan fingerprint density at radius 2 is 0.667 bits per heavy atom. The molecule has 0 fully saturated rings. The molecule has 7 aromatic carbocycles. The first kappa shape index (κ1) is 32.1. The van der Waals surface area contributed by atoms with Crippen molar-refractivity contribution in [3.8, 4) is 34.8 Å². The summed E-state index contributed by atoms with van der Waals surface area (Å²) in [7, 11) is 0. The van der Waals surface area contributed by atoms with Gasteiger partial charge >= 0.3 is 0 Å². The van der Waals surface area contributed by atoms with Gasteiger partial charge in [-0.1, -0.05) is 97.1 Å². The zero-order chi connectivity index (χ0) is 36.4. The van der Waals surface area contributed by atoms with Crippen LogP contribution >= 0.6 is 0 Å². The molecule has 9 aromatic rings. The smallest absolute Gasteiger partial charge is 0.153 e. The van der Waals surface area contributed by atoms with Crippen molar-refractivity contribution in [2.24, 2.45) is 0 Å². The van der Waals surface area contributed by atoms with E-state index in [9.17, 15) is 10.5 Å². The lowest BCUT2D eigenvalue weighted by atomic mass is 10.0. The van der Waals surface area contributed by atoms with Gasteiger partial charge in [0.1, 0.15) is 34.4 Å². The average molecular weight is 695 g/mol. The number of hydrogen-bond donors (Lipinski definition) is 0. The van der Waals surface area contributed by atoms with Gasteiger partial charge in [-0.2, -0.15) is 10.5 Å². The molecule has 0 saturated carbocycles. The number of hydrogen-bond acceptors (Lipinski definition) is 6. The molecule has 254 valence electrons. The fourth-order valence-electron chi connectivity index (χ4n) is 7.05. The zero-order valence-corrected chi connectivity index (χ0v) is 28.9. The molecule has 6 nitrogen and oxygen atoms in total. The molecule has 0 aliphatic heterocycles. The average Bonchev–Trinajstić information content (AvgIpc) is 3.80. The summed E-state index contributed by atoms with van der Waals surface area (Å²) in [5.41, 5.74) is 9.49. The third-order valence-corrected chi connectivity index (χ3v) is 9.55. The third-order valence-electron chi connectivity index (χ3n) is 9.55. The molecular formula is C48H30N4O2. The van der Waals surface area contributed by atoms with Gasteiger partial charge in [0.15, 0.2) is 11.5 Å². The minimum atomic E-state index is 0.464. The van der Waals surface area contributed by atoms with E-state index >= 15 is 0 Å². The van der Waals surface area contributed by atoms with Gasteiger partial charge in [-0.25, -0.2) is 0 Å². The maximum Gasteiger partial charge on any atom is 0.153 e. The van der Waals surface area contributed by atoms with Crippen molar-refractivity contribution in [1.82, 2.24) is 0 Å². The topological polar surface area (TPSA) is 80.3 Å². The number of para-hydroxylation sites is 4. The molecule has 54 heavy (non-hydrogen) atoms. The SMILES string of the molecule is N#Cc1c(-c2ccc(-c3oc4cc(N(c5ccccc5)c5ccccc5)ccc4c3C#N)cc2)oc2cc(N(c3ccccc3)c3ccccc3)ccc12. The van der Waals surface area contributed by atoms with Crippen LogP contribution in [0.3, 0.4) is 0 Å². The first-order chi connectivity index (χ1) is 26.7. The van der Waals surface area contributed by atoms with E-state index in [1.54, 1.807) is 0 Å². The highest BCUT2D eigenvalue weighted by molar-refractivity contribution is 5.96. The van der Waals surface area contributed by atoms with Crippen LogP contribution in [0, 0.1) is 22.7 Å². The maximum absolute atomic E-state index is 10.3. The van der Waals surface area contributed by atoms with Gasteiger partial charge < -0.3 is 18.6 Å². The van der Waals surface area contributed by atoms with Crippen molar-refractivity contribution in [1.29, 1.82) is 10.5 Å². The lowest BCUT2D eigenvalue weighted by molar-refractivity contribution is 0.628. The van der Waals surface area contributed by atoms with E-state index < -0.39 is 0 Å². The molecule has 0 N–H and O–H groups in total. The molecule has 2 heterocycles. The number of benzene rings is 7. The summed E-state index contributed by atoms with van der Waals surface area (Å²) in [6.45, 7) is 0. The Morgan fingerprint density at radius 1 is 0.352 bits per heavy atom. The van der Waals surface area contributed by atoms with Gasteiger partial charge in [-0.05, 0) is 72.8 Å². The van der Waals surface area contributed by atoms with E-state index in [1.165, 1.54) is 0 Å². The van der Waals surface area contributed by atoms with Crippen LogP contribution in [0.4, 0.5) is 34.1 Å². The second-order valence-corrected chi connectivity index (χ2v) is 12.8. The number of nitriles is 2. The van der Waals surface area contributed by atoms with Crippen LogP contribution < -0.4 is 9.80 Å². The molecule has 2 aromatic heterocycles. The molecule has 0 atom stereocenters. The fourth-order valence-corrected chi connectivity index (χ4v) is 7.05. The second-order valence-electron chi connectivity index (χ2n) is 12.8. The largest absolute Gasteiger partial charge is 0.455 e. The first-order valence-electron chi connectivity index (χ1n) is 17.5. The summed E-state index contributed by atoms with van der Waals surface area (Å²) in [4.78, 5) is 4.32. The van der Waals surface area contributed by atoms with Gasteiger partial charge in [0.05, 0.1) is 0 Å². The summed E-state index contributed by atoms with van der Waals surface area (Å²) in [6, 6.07) is 64.9. The highest BCUT2D eigenvalue weighted by atomic mass is 16.3. The number of anilines is 6. The lowest BCUT2D eigenvalue weighted by Crippen LogP contribution is -2.09. The van der Waals surface area contributed by atoms with Crippen LogP contribution in [0.2, 0.25) is 0 Å². The summed E-state index contributed by atoms with van der Waals surface area (Å²) < 4.78 is 12.9. The summed E-state index contributed by atoms with van der Waals surface area (Å²) in [5.74, 6) is 0.970. The molecule has 0 saturated heterocycles. The molecule has 0 radical (unpaired) electrons. The molecule has 0 spiro atoms. The Hall–Kier alpha value is -7.80. The zero-order valence-electron chi connectivity index (χ0n) is 28.9. The fraction of sp³-hybridized carbons (Fsp3) is 0. The number of furan rings is 2. The van der Waals surface area contributed by atoms with Gasteiger partial charge in [0.2, 0.25) is 0 Å². The van der Waals surface area contributed by atoms with E-state index in [0.29, 0.717) is 33.8 Å². The molecule has 0 unspecified atom stereocenters. The molecule has 9 rings (SSSR count). The van der Waals surface area contributed by atoms with Crippen molar-refractivity contribution in [3.05, 3.63) is 193 Å². The highest BCUT2D eigenvalue weighted by Crippen LogP contribution is 2.42. The molecule has 0 aliphatic carbocycles. The van der Waals surface area contributed by atoms with Crippen LogP contribution in [0.5, 0.6) is 0 Å². The molecule has 0 bridgehead atoms. The van der Waals surface area contributed by atoms with Crippen LogP contribution in [-0.4, -0.2) is 0 Å². The predicted molar refractivity (Wildman–Crippen MR) is 216 cm³/mol. The first-order valence-corrected chi connectivity index (χ1v) is 17.5. The summed E-state index contributed by atoms with van der Waals surface area (Å²) >= 11 is 0. The molecule has 0 aliphatic rings.